The Morgan fingerprint density at radius 3 is 2.31 bits per heavy atom. The van der Waals surface area contributed by atoms with Gasteiger partial charge in [0.15, 0.2) is 0 Å². The molecule has 0 aromatic carbocycles. The minimum Gasteiger partial charge on any atom is -0.393 e. The van der Waals surface area contributed by atoms with Crippen LogP contribution in [0.5, 0.6) is 0 Å². The van der Waals surface area contributed by atoms with Crippen molar-refractivity contribution in [3.05, 3.63) is 11.6 Å². The molecule has 5 aliphatic rings. The Labute approximate surface area is 197 Å². The Bertz CT molecular complexity index is 836. The standard InChI is InChI=1S/C30H48O2/c1-19(2)8-9-22(31)20(3)21-12-14-28(7)24-11-10-23-26(4,5)25(32)13-15-29(23)18-30(24,29)17-16-27(21,28)6/h8,20-24,31H,9-18H2,1-7H3/t20-,21+,22+,23-,24-,27+,28-,29+,30-/m0/s1. The van der Waals surface area contributed by atoms with Crippen molar-refractivity contribution in [2.45, 2.75) is 119 Å². The van der Waals surface area contributed by atoms with Gasteiger partial charge in [-0.2, -0.15) is 0 Å². The van der Waals surface area contributed by atoms with Gasteiger partial charge in [0.2, 0.25) is 0 Å². The van der Waals surface area contributed by atoms with Gasteiger partial charge in [0.1, 0.15) is 5.78 Å². The van der Waals surface area contributed by atoms with E-state index in [1.54, 1.807) is 0 Å². The van der Waals surface area contributed by atoms with Crippen molar-refractivity contribution < 1.29 is 9.90 Å². The smallest absolute Gasteiger partial charge is 0.138 e. The van der Waals surface area contributed by atoms with Crippen molar-refractivity contribution in [3.8, 4) is 0 Å². The summed E-state index contributed by atoms with van der Waals surface area (Å²) in [6.45, 7) is 16.4. The average molecular weight is 441 g/mol. The van der Waals surface area contributed by atoms with Crippen molar-refractivity contribution in [2.75, 3.05) is 0 Å². The van der Waals surface area contributed by atoms with Crippen LogP contribution in [0.1, 0.15) is 113 Å². The molecule has 2 spiro atoms. The van der Waals surface area contributed by atoms with Crippen molar-refractivity contribution in [1.82, 2.24) is 0 Å². The quantitative estimate of drug-likeness (QED) is 0.464. The molecule has 0 saturated heterocycles. The number of Topliss-reactive ketones (excluding diaryl/α,β-unsaturated/α-hetero) is 1. The molecule has 5 aliphatic carbocycles. The van der Waals surface area contributed by atoms with Crippen LogP contribution < -0.4 is 0 Å². The van der Waals surface area contributed by atoms with Crippen molar-refractivity contribution in [1.29, 1.82) is 0 Å². The topological polar surface area (TPSA) is 37.3 Å². The molecule has 0 amide bonds. The first-order chi connectivity index (χ1) is 14.9. The van der Waals surface area contributed by atoms with Crippen molar-refractivity contribution in [2.24, 2.45) is 50.7 Å². The Morgan fingerprint density at radius 2 is 1.62 bits per heavy atom. The van der Waals surface area contributed by atoms with Gasteiger partial charge in [-0.3, -0.25) is 4.79 Å². The van der Waals surface area contributed by atoms with Gasteiger partial charge < -0.3 is 5.11 Å². The molecule has 5 saturated carbocycles. The van der Waals surface area contributed by atoms with Crippen LogP contribution in [-0.2, 0) is 4.79 Å². The molecule has 32 heavy (non-hydrogen) atoms. The van der Waals surface area contributed by atoms with E-state index in [4.69, 9.17) is 0 Å². The van der Waals surface area contributed by atoms with E-state index in [1.807, 2.05) is 0 Å². The first kappa shape index (κ1) is 23.1. The lowest BCUT2D eigenvalue weighted by molar-refractivity contribution is -0.158. The Kier molecular flexibility index (Phi) is 5.03. The van der Waals surface area contributed by atoms with Gasteiger partial charge in [-0.1, -0.05) is 46.3 Å². The molecule has 0 unspecified atom stereocenters. The van der Waals surface area contributed by atoms with E-state index in [9.17, 15) is 9.90 Å². The van der Waals surface area contributed by atoms with E-state index in [2.05, 4.69) is 54.5 Å². The van der Waals surface area contributed by atoms with Gasteiger partial charge in [0.05, 0.1) is 6.10 Å². The molecule has 0 heterocycles. The number of rotatable bonds is 4. The number of hydrogen-bond acceptors (Lipinski definition) is 2. The van der Waals surface area contributed by atoms with Gasteiger partial charge in [-0.05, 0) is 117 Å². The molecule has 0 aromatic rings. The van der Waals surface area contributed by atoms with Gasteiger partial charge in [-0.25, -0.2) is 0 Å². The van der Waals surface area contributed by atoms with Gasteiger partial charge >= 0.3 is 0 Å². The molecule has 0 bridgehead atoms. The highest BCUT2D eigenvalue weighted by molar-refractivity contribution is 5.86. The van der Waals surface area contributed by atoms with E-state index in [0.29, 0.717) is 45.2 Å². The lowest BCUT2D eigenvalue weighted by Crippen LogP contribution is -2.57. The summed E-state index contributed by atoms with van der Waals surface area (Å²) in [6.07, 6.45) is 14.1. The fourth-order valence-corrected chi connectivity index (χ4v) is 10.9. The zero-order valence-electron chi connectivity index (χ0n) is 21.9. The molecule has 180 valence electrons. The maximum absolute atomic E-state index is 12.8. The monoisotopic (exact) mass is 440 g/mol. The van der Waals surface area contributed by atoms with Crippen LogP contribution in [0, 0.1) is 50.7 Å². The number of carbonyl (C=O) groups excluding carboxylic acids is 1. The van der Waals surface area contributed by atoms with E-state index in [1.165, 1.54) is 56.9 Å². The molecule has 9 atom stereocenters. The van der Waals surface area contributed by atoms with E-state index in [0.717, 1.165) is 18.8 Å². The van der Waals surface area contributed by atoms with Crippen LogP contribution in [0.3, 0.4) is 0 Å². The number of hydrogen-bond donors (Lipinski definition) is 1. The van der Waals surface area contributed by atoms with Crippen LogP contribution in [0.25, 0.3) is 0 Å². The van der Waals surface area contributed by atoms with Crippen LogP contribution in [0.2, 0.25) is 0 Å². The summed E-state index contributed by atoms with van der Waals surface area (Å²) < 4.78 is 0. The minimum absolute atomic E-state index is 0.115. The summed E-state index contributed by atoms with van der Waals surface area (Å²) in [4.78, 5) is 12.8. The van der Waals surface area contributed by atoms with E-state index >= 15 is 0 Å². The molecule has 1 N–H and O–H groups in total. The first-order valence-corrected chi connectivity index (χ1v) is 13.7. The summed E-state index contributed by atoms with van der Waals surface area (Å²) in [5, 5.41) is 11.1. The van der Waals surface area contributed by atoms with Crippen LogP contribution in [-0.4, -0.2) is 17.0 Å². The average Bonchev–Trinajstić information content (AvgIpc) is 3.31. The molecule has 0 radical (unpaired) electrons. The highest BCUT2D eigenvalue weighted by Gasteiger charge is 2.82. The highest BCUT2D eigenvalue weighted by Crippen LogP contribution is 2.88. The molecule has 0 aliphatic heterocycles. The summed E-state index contributed by atoms with van der Waals surface area (Å²) in [6, 6.07) is 0. The maximum atomic E-state index is 12.8. The lowest BCUT2D eigenvalue weighted by atomic mass is 9.42. The van der Waals surface area contributed by atoms with Crippen molar-refractivity contribution in [3.63, 3.8) is 0 Å². The second kappa shape index (κ2) is 6.96. The predicted molar refractivity (Wildman–Crippen MR) is 131 cm³/mol. The molecule has 5 rings (SSSR count). The molecular weight excluding hydrogens is 392 g/mol. The van der Waals surface area contributed by atoms with Gasteiger partial charge in [-0.15, -0.1) is 0 Å². The number of fused-ring (bicyclic) bond motifs is 2. The third-order valence-corrected chi connectivity index (χ3v) is 12.9. The summed E-state index contributed by atoms with van der Waals surface area (Å²) >= 11 is 0. The summed E-state index contributed by atoms with van der Waals surface area (Å²) in [5.41, 5.74) is 2.90. The normalized spacial score (nSPS) is 50.4. The zero-order chi connectivity index (χ0) is 23.3. The fraction of sp³-hybridized carbons (Fsp3) is 0.900. The maximum Gasteiger partial charge on any atom is 0.138 e. The fourth-order valence-electron chi connectivity index (χ4n) is 10.9. The number of aliphatic hydroxyl groups excluding tert-OH is 1. The molecular formula is C30H48O2. The SMILES string of the molecule is CC(C)=CC[C@@H](O)[C@@H](C)[C@H]1CC[C@@]2(C)[C@@H]3CC[C@H]4C(C)(C)C(=O)CC[C@@]45C[C@@]35CC[C@]12C. The lowest BCUT2D eigenvalue weighted by Gasteiger charge is -2.62. The molecule has 2 nitrogen and oxygen atoms in total. The minimum atomic E-state index is -0.224. The Morgan fingerprint density at radius 1 is 0.969 bits per heavy atom. The molecule has 5 fully saturated rings. The second-order valence-electron chi connectivity index (χ2n) is 14.2. The Balaban J connectivity index is 1.43. The van der Waals surface area contributed by atoms with Gasteiger partial charge in [0.25, 0.3) is 0 Å². The van der Waals surface area contributed by atoms with Crippen LogP contribution >= 0.6 is 0 Å². The third kappa shape index (κ3) is 2.65. The number of carbonyl (C=O) groups is 1. The predicted octanol–water partition coefficient (Wildman–Crippen LogP) is 7.35. The van der Waals surface area contributed by atoms with Gasteiger partial charge in [0, 0.05) is 11.8 Å². The first-order valence-electron chi connectivity index (χ1n) is 13.7. The second-order valence-corrected chi connectivity index (χ2v) is 14.2. The van der Waals surface area contributed by atoms with Crippen LogP contribution in [0.15, 0.2) is 11.6 Å². The number of ketones is 1. The summed E-state index contributed by atoms with van der Waals surface area (Å²) in [7, 11) is 0. The summed E-state index contributed by atoms with van der Waals surface area (Å²) in [5.74, 6) is 2.95. The van der Waals surface area contributed by atoms with Crippen molar-refractivity contribution >= 4 is 5.78 Å². The van der Waals surface area contributed by atoms with E-state index < -0.39 is 0 Å². The largest absolute Gasteiger partial charge is 0.393 e. The zero-order valence-corrected chi connectivity index (χ0v) is 21.9. The molecule has 0 aromatic heterocycles. The molecule has 2 heteroatoms. The third-order valence-electron chi connectivity index (χ3n) is 12.9. The van der Waals surface area contributed by atoms with Crippen LogP contribution in [0.4, 0.5) is 0 Å². The number of allylic oxidation sites excluding steroid dienone is 1. The number of aliphatic hydroxyl groups is 1. The van der Waals surface area contributed by atoms with E-state index in [-0.39, 0.29) is 11.5 Å². The highest BCUT2D eigenvalue weighted by atomic mass is 16.3. The Hall–Kier alpha value is -0.630.